The highest BCUT2D eigenvalue weighted by Crippen LogP contribution is 2.22. The van der Waals surface area contributed by atoms with Crippen LogP contribution in [0.15, 0.2) is 18.3 Å². The van der Waals surface area contributed by atoms with E-state index in [1.54, 1.807) is 23.2 Å². The lowest BCUT2D eigenvalue weighted by Gasteiger charge is -2.29. The van der Waals surface area contributed by atoms with E-state index in [0.717, 1.165) is 6.42 Å². The second-order valence-electron chi connectivity index (χ2n) is 4.63. The number of ether oxygens (including phenoxy) is 1. The zero-order valence-corrected chi connectivity index (χ0v) is 10.8. The average molecular weight is 266 g/mol. The molecule has 19 heavy (non-hydrogen) atoms. The molecule has 2 N–H and O–H groups in total. The molecule has 6 heteroatoms. The van der Waals surface area contributed by atoms with E-state index >= 15 is 0 Å². The maximum Gasteiger partial charge on any atom is 0.311 e. The van der Waals surface area contributed by atoms with E-state index in [1.807, 2.05) is 6.92 Å². The summed E-state index contributed by atoms with van der Waals surface area (Å²) in [5.74, 6) is -1.73. The first-order valence-electron chi connectivity index (χ1n) is 6.40. The fourth-order valence-corrected chi connectivity index (χ4v) is 2.36. The van der Waals surface area contributed by atoms with Crippen LogP contribution >= 0.6 is 0 Å². The van der Waals surface area contributed by atoms with Gasteiger partial charge in [-0.15, -0.1) is 0 Å². The predicted octanol–water partition coefficient (Wildman–Crippen LogP) is 0.966. The van der Waals surface area contributed by atoms with Crippen molar-refractivity contribution in [2.45, 2.75) is 19.4 Å². The number of hydrogen-bond donors (Lipinski definition) is 2. The molecule has 2 heterocycles. The first kappa shape index (κ1) is 13.6. The quantitative estimate of drug-likeness (QED) is 0.831. The van der Waals surface area contributed by atoms with Crippen molar-refractivity contribution in [1.82, 2.24) is 9.88 Å². The number of rotatable bonds is 5. The number of carboxylic acids is 1. The summed E-state index contributed by atoms with van der Waals surface area (Å²) in [5.41, 5.74) is 0.476. The number of carbonyl (C=O) groups excluding carboxylic acids is 1. The maximum absolute atomic E-state index is 12.4. The van der Waals surface area contributed by atoms with E-state index in [4.69, 9.17) is 4.74 Å². The molecule has 1 amide bonds. The Morgan fingerprint density at radius 1 is 1.53 bits per heavy atom. The molecular formula is C13H18N2O4. The molecule has 104 valence electrons. The number of aromatic amines is 1. The highest BCUT2D eigenvalue weighted by Gasteiger charge is 2.40. The molecular weight excluding hydrogens is 248 g/mol. The van der Waals surface area contributed by atoms with E-state index in [9.17, 15) is 14.7 Å². The van der Waals surface area contributed by atoms with Crippen LogP contribution in [0, 0.1) is 5.92 Å². The Labute approximate surface area is 111 Å². The third kappa shape index (κ3) is 2.78. The summed E-state index contributed by atoms with van der Waals surface area (Å²) in [5, 5.41) is 9.19. The number of carbonyl (C=O) groups is 2. The van der Waals surface area contributed by atoms with Crippen LogP contribution in [0.5, 0.6) is 0 Å². The van der Waals surface area contributed by atoms with E-state index in [1.165, 1.54) is 0 Å². The van der Waals surface area contributed by atoms with Gasteiger partial charge < -0.3 is 19.7 Å². The molecule has 0 aliphatic carbocycles. The Bertz CT molecular complexity index is 444. The molecule has 0 spiro atoms. The molecule has 2 unspecified atom stereocenters. The first-order valence-corrected chi connectivity index (χ1v) is 6.40. The SMILES string of the molecule is CCCN(C(=O)c1ccc[nH]1)C1COCC1C(=O)O. The minimum absolute atomic E-state index is 0.165. The van der Waals surface area contributed by atoms with E-state index < -0.39 is 17.9 Å². The van der Waals surface area contributed by atoms with Crippen LogP contribution in [0.3, 0.4) is 0 Å². The van der Waals surface area contributed by atoms with Crippen molar-refractivity contribution in [2.75, 3.05) is 19.8 Å². The average Bonchev–Trinajstić information content (AvgIpc) is 3.05. The summed E-state index contributed by atoms with van der Waals surface area (Å²) < 4.78 is 5.24. The monoisotopic (exact) mass is 266 g/mol. The van der Waals surface area contributed by atoms with E-state index in [0.29, 0.717) is 12.2 Å². The van der Waals surface area contributed by atoms with E-state index in [2.05, 4.69) is 4.98 Å². The minimum atomic E-state index is -0.914. The maximum atomic E-state index is 12.4. The third-order valence-electron chi connectivity index (χ3n) is 3.32. The third-order valence-corrected chi connectivity index (χ3v) is 3.32. The molecule has 1 aliphatic heterocycles. The molecule has 1 fully saturated rings. The number of carboxylic acid groups (broad SMARTS) is 1. The Morgan fingerprint density at radius 2 is 2.32 bits per heavy atom. The predicted molar refractivity (Wildman–Crippen MR) is 67.9 cm³/mol. The summed E-state index contributed by atoms with van der Waals surface area (Å²) in [6, 6.07) is 3.04. The summed E-state index contributed by atoms with van der Waals surface area (Å²) in [6.07, 6.45) is 2.45. The number of amides is 1. The van der Waals surface area contributed by atoms with Crippen molar-refractivity contribution >= 4 is 11.9 Å². The fourth-order valence-electron chi connectivity index (χ4n) is 2.36. The zero-order chi connectivity index (χ0) is 13.8. The molecule has 1 aliphatic rings. The molecule has 1 aromatic heterocycles. The Kier molecular flexibility index (Phi) is 4.21. The van der Waals surface area contributed by atoms with Crippen LogP contribution in [0.1, 0.15) is 23.8 Å². The second kappa shape index (κ2) is 5.88. The van der Waals surface area contributed by atoms with Gasteiger partial charge in [0.1, 0.15) is 11.6 Å². The number of hydrogen-bond acceptors (Lipinski definition) is 3. The lowest BCUT2D eigenvalue weighted by atomic mass is 10.0. The van der Waals surface area contributed by atoms with Gasteiger partial charge in [-0.1, -0.05) is 6.92 Å². The topological polar surface area (TPSA) is 82.6 Å². The number of nitrogens with one attached hydrogen (secondary N) is 1. The van der Waals surface area contributed by atoms with Crippen LogP contribution in [-0.4, -0.2) is 52.7 Å². The zero-order valence-electron chi connectivity index (χ0n) is 10.8. The Balaban J connectivity index is 2.20. The van der Waals surface area contributed by atoms with Gasteiger partial charge >= 0.3 is 5.97 Å². The summed E-state index contributed by atoms with van der Waals surface area (Å²) in [7, 11) is 0. The highest BCUT2D eigenvalue weighted by molar-refractivity contribution is 5.93. The smallest absolute Gasteiger partial charge is 0.311 e. The number of aromatic nitrogens is 1. The van der Waals surface area contributed by atoms with Crippen molar-refractivity contribution in [3.63, 3.8) is 0 Å². The van der Waals surface area contributed by atoms with Gasteiger partial charge in [-0.25, -0.2) is 0 Å². The fraction of sp³-hybridized carbons (Fsp3) is 0.538. The largest absolute Gasteiger partial charge is 0.481 e. The normalized spacial score (nSPS) is 22.4. The van der Waals surface area contributed by atoms with Crippen LogP contribution < -0.4 is 0 Å². The number of aliphatic carboxylic acids is 1. The van der Waals surface area contributed by atoms with Gasteiger partial charge in [0.25, 0.3) is 5.91 Å². The summed E-state index contributed by atoms with van der Waals surface area (Å²) in [4.78, 5) is 28.1. The van der Waals surface area contributed by atoms with Crippen molar-refractivity contribution in [3.05, 3.63) is 24.0 Å². The molecule has 2 rings (SSSR count). The van der Waals surface area contributed by atoms with Gasteiger partial charge in [0.05, 0.1) is 19.3 Å². The molecule has 2 atom stereocenters. The van der Waals surface area contributed by atoms with Gasteiger partial charge in [-0.2, -0.15) is 0 Å². The summed E-state index contributed by atoms with van der Waals surface area (Å²) >= 11 is 0. The first-order chi connectivity index (χ1) is 9.15. The number of H-pyrrole nitrogens is 1. The van der Waals surface area contributed by atoms with Gasteiger partial charge in [0.2, 0.25) is 0 Å². The highest BCUT2D eigenvalue weighted by atomic mass is 16.5. The van der Waals surface area contributed by atoms with Crippen LogP contribution in [0.2, 0.25) is 0 Å². The van der Waals surface area contributed by atoms with Gasteiger partial charge in [0, 0.05) is 12.7 Å². The molecule has 1 saturated heterocycles. The van der Waals surface area contributed by atoms with Crippen molar-refractivity contribution < 1.29 is 19.4 Å². The minimum Gasteiger partial charge on any atom is -0.481 e. The molecule has 0 bridgehead atoms. The van der Waals surface area contributed by atoms with Crippen LogP contribution in [0.25, 0.3) is 0 Å². The van der Waals surface area contributed by atoms with Gasteiger partial charge in [0.15, 0.2) is 0 Å². The molecule has 0 saturated carbocycles. The van der Waals surface area contributed by atoms with Crippen molar-refractivity contribution in [1.29, 1.82) is 0 Å². The van der Waals surface area contributed by atoms with Crippen molar-refractivity contribution in [3.8, 4) is 0 Å². The van der Waals surface area contributed by atoms with Crippen LogP contribution in [-0.2, 0) is 9.53 Å². The van der Waals surface area contributed by atoms with Crippen LogP contribution in [0.4, 0.5) is 0 Å². The molecule has 6 nitrogen and oxygen atoms in total. The Hall–Kier alpha value is -1.82. The van der Waals surface area contributed by atoms with Gasteiger partial charge in [-0.3, -0.25) is 9.59 Å². The Morgan fingerprint density at radius 3 is 2.89 bits per heavy atom. The molecule has 1 aromatic rings. The lowest BCUT2D eigenvalue weighted by molar-refractivity contribution is -0.142. The lowest BCUT2D eigenvalue weighted by Crippen LogP contribution is -2.47. The number of nitrogens with zero attached hydrogens (tertiary/aromatic N) is 1. The molecule has 0 radical (unpaired) electrons. The van der Waals surface area contributed by atoms with E-state index in [-0.39, 0.29) is 19.1 Å². The van der Waals surface area contributed by atoms with Crippen molar-refractivity contribution in [2.24, 2.45) is 5.92 Å². The standard InChI is InChI=1S/C13H18N2O4/c1-2-6-15(12(16)10-4-3-5-14-10)11-8-19-7-9(11)13(17)18/h3-5,9,11,14H,2,6-8H2,1H3,(H,17,18). The second-order valence-corrected chi connectivity index (χ2v) is 4.63. The molecule has 0 aromatic carbocycles. The van der Waals surface area contributed by atoms with Gasteiger partial charge in [-0.05, 0) is 18.6 Å². The summed E-state index contributed by atoms with van der Waals surface area (Å²) in [6.45, 7) is 2.93.